The van der Waals surface area contributed by atoms with E-state index in [2.05, 4.69) is 36.3 Å². The average molecular weight is 243 g/mol. The fourth-order valence-corrected chi connectivity index (χ4v) is 2.59. The van der Waals surface area contributed by atoms with Gasteiger partial charge in [-0.2, -0.15) is 0 Å². The number of ether oxygens (including phenoxy) is 1. The van der Waals surface area contributed by atoms with Crippen LogP contribution in [0.15, 0.2) is 0 Å². The maximum Gasteiger partial charge on any atom is 0.134 e. The predicted molar refractivity (Wildman–Crippen MR) is 66.7 cm³/mol. The lowest BCUT2D eigenvalue weighted by atomic mass is 10.1. The highest BCUT2D eigenvalue weighted by Gasteiger charge is 2.12. The largest absolute Gasteiger partial charge is 0.384 e. The highest BCUT2D eigenvalue weighted by atomic mass is 32.1. The SMILES string of the molecule is CCNC(C)c1nnc(CC(C)COC)s1. The van der Waals surface area contributed by atoms with Crippen LogP contribution in [0.4, 0.5) is 0 Å². The van der Waals surface area contributed by atoms with Crippen molar-refractivity contribution in [3.8, 4) is 0 Å². The Bertz CT molecular complexity index is 303. The summed E-state index contributed by atoms with van der Waals surface area (Å²) in [7, 11) is 1.73. The Morgan fingerprint density at radius 2 is 2.12 bits per heavy atom. The third kappa shape index (κ3) is 4.15. The van der Waals surface area contributed by atoms with Crippen molar-refractivity contribution in [3.05, 3.63) is 10.0 Å². The minimum absolute atomic E-state index is 0.300. The third-order valence-electron chi connectivity index (χ3n) is 2.34. The first-order valence-electron chi connectivity index (χ1n) is 5.72. The predicted octanol–water partition coefficient (Wildman–Crippen LogP) is 2.03. The molecule has 2 unspecified atom stereocenters. The number of nitrogens with zero attached hydrogens (tertiary/aromatic N) is 2. The second-order valence-corrected chi connectivity index (χ2v) is 5.17. The van der Waals surface area contributed by atoms with E-state index in [0.29, 0.717) is 12.0 Å². The van der Waals surface area contributed by atoms with Crippen LogP contribution < -0.4 is 5.32 Å². The van der Waals surface area contributed by atoms with Gasteiger partial charge in [-0.1, -0.05) is 25.2 Å². The zero-order chi connectivity index (χ0) is 12.0. The number of methoxy groups -OCH3 is 1. The van der Waals surface area contributed by atoms with E-state index in [-0.39, 0.29) is 0 Å². The molecule has 1 rings (SSSR count). The Kier molecular flexibility index (Phi) is 5.87. The summed E-state index contributed by atoms with van der Waals surface area (Å²) in [6.07, 6.45) is 0.949. The molecule has 0 saturated heterocycles. The Labute approximate surface area is 101 Å². The standard InChI is InChI=1S/C11H21N3OS/c1-5-12-9(3)11-14-13-10(16-11)6-8(2)7-15-4/h8-9,12H,5-7H2,1-4H3. The molecule has 0 saturated carbocycles. The van der Waals surface area contributed by atoms with E-state index in [1.54, 1.807) is 18.4 Å². The number of aromatic nitrogens is 2. The summed E-state index contributed by atoms with van der Waals surface area (Å²) in [6, 6.07) is 0.300. The monoisotopic (exact) mass is 243 g/mol. The lowest BCUT2D eigenvalue weighted by Crippen LogP contribution is -2.17. The van der Waals surface area contributed by atoms with Crippen LogP contribution in [0.1, 0.15) is 36.8 Å². The van der Waals surface area contributed by atoms with Gasteiger partial charge in [0.05, 0.1) is 6.04 Å². The van der Waals surface area contributed by atoms with Crippen LogP contribution in [0.5, 0.6) is 0 Å². The highest BCUT2D eigenvalue weighted by Crippen LogP contribution is 2.19. The van der Waals surface area contributed by atoms with Crippen LogP contribution >= 0.6 is 11.3 Å². The summed E-state index contributed by atoms with van der Waals surface area (Å²) >= 11 is 1.69. The first-order valence-corrected chi connectivity index (χ1v) is 6.53. The fourth-order valence-electron chi connectivity index (χ4n) is 1.56. The number of hydrogen-bond donors (Lipinski definition) is 1. The summed E-state index contributed by atoms with van der Waals surface area (Å²) in [4.78, 5) is 0. The summed E-state index contributed by atoms with van der Waals surface area (Å²) in [5, 5.41) is 13.9. The third-order valence-corrected chi connectivity index (χ3v) is 3.47. The summed E-state index contributed by atoms with van der Waals surface area (Å²) in [6.45, 7) is 8.11. The maximum absolute atomic E-state index is 5.11. The van der Waals surface area contributed by atoms with Gasteiger partial charge >= 0.3 is 0 Å². The number of nitrogens with one attached hydrogen (secondary N) is 1. The van der Waals surface area contributed by atoms with E-state index < -0.39 is 0 Å². The molecule has 2 atom stereocenters. The topological polar surface area (TPSA) is 47.0 Å². The van der Waals surface area contributed by atoms with Crippen LogP contribution in [0, 0.1) is 5.92 Å². The summed E-state index contributed by atoms with van der Waals surface area (Å²) < 4.78 is 5.11. The molecule has 1 aromatic rings. The van der Waals surface area contributed by atoms with E-state index in [4.69, 9.17) is 4.74 Å². The van der Waals surface area contributed by atoms with Crippen molar-refractivity contribution >= 4 is 11.3 Å². The van der Waals surface area contributed by atoms with E-state index in [9.17, 15) is 0 Å². The van der Waals surface area contributed by atoms with Gasteiger partial charge in [0.25, 0.3) is 0 Å². The van der Waals surface area contributed by atoms with Gasteiger partial charge in [-0.15, -0.1) is 10.2 Å². The molecular weight excluding hydrogens is 222 g/mol. The minimum atomic E-state index is 0.300. The number of hydrogen-bond acceptors (Lipinski definition) is 5. The molecule has 0 aliphatic rings. The molecule has 0 spiro atoms. The second-order valence-electron chi connectivity index (χ2n) is 4.08. The molecule has 5 heteroatoms. The smallest absolute Gasteiger partial charge is 0.134 e. The molecule has 0 bridgehead atoms. The van der Waals surface area contributed by atoms with Gasteiger partial charge in [-0.05, 0) is 19.4 Å². The van der Waals surface area contributed by atoms with Gasteiger partial charge in [-0.3, -0.25) is 0 Å². The molecule has 16 heavy (non-hydrogen) atoms. The maximum atomic E-state index is 5.11. The lowest BCUT2D eigenvalue weighted by molar-refractivity contribution is 0.159. The van der Waals surface area contributed by atoms with Crippen LogP contribution in [0.2, 0.25) is 0 Å². The van der Waals surface area contributed by atoms with E-state index in [1.165, 1.54) is 0 Å². The molecule has 0 fully saturated rings. The van der Waals surface area contributed by atoms with Crippen molar-refractivity contribution in [2.75, 3.05) is 20.3 Å². The molecule has 92 valence electrons. The Morgan fingerprint density at radius 3 is 2.75 bits per heavy atom. The van der Waals surface area contributed by atoms with Gasteiger partial charge in [0.1, 0.15) is 10.0 Å². The number of rotatable bonds is 7. The Hall–Kier alpha value is -0.520. The van der Waals surface area contributed by atoms with Crippen molar-refractivity contribution in [1.29, 1.82) is 0 Å². The second kappa shape index (κ2) is 6.93. The highest BCUT2D eigenvalue weighted by molar-refractivity contribution is 7.11. The molecule has 0 aromatic carbocycles. The normalized spacial score (nSPS) is 15.0. The summed E-state index contributed by atoms with van der Waals surface area (Å²) in [5.74, 6) is 0.500. The van der Waals surface area contributed by atoms with E-state index in [1.807, 2.05) is 0 Å². The molecule has 0 aliphatic heterocycles. The minimum Gasteiger partial charge on any atom is -0.384 e. The van der Waals surface area contributed by atoms with Gasteiger partial charge in [0, 0.05) is 20.1 Å². The molecular formula is C11H21N3OS. The molecule has 1 N–H and O–H groups in total. The quantitative estimate of drug-likeness (QED) is 0.796. The van der Waals surface area contributed by atoms with Gasteiger partial charge in [0.15, 0.2) is 0 Å². The van der Waals surface area contributed by atoms with Gasteiger partial charge in [-0.25, -0.2) is 0 Å². The Balaban J connectivity index is 2.50. The molecule has 0 radical (unpaired) electrons. The van der Waals surface area contributed by atoms with Crippen molar-refractivity contribution in [3.63, 3.8) is 0 Å². The van der Waals surface area contributed by atoms with Gasteiger partial charge < -0.3 is 10.1 Å². The van der Waals surface area contributed by atoms with E-state index >= 15 is 0 Å². The van der Waals surface area contributed by atoms with Crippen molar-refractivity contribution in [1.82, 2.24) is 15.5 Å². The van der Waals surface area contributed by atoms with Crippen LogP contribution in [0.3, 0.4) is 0 Å². The van der Waals surface area contributed by atoms with E-state index in [0.717, 1.165) is 29.6 Å². The first kappa shape index (κ1) is 13.5. The van der Waals surface area contributed by atoms with Crippen molar-refractivity contribution in [2.24, 2.45) is 5.92 Å². The van der Waals surface area contributed by atoms with Gasteiger partial charge in [0.2, 0.25) is 0 Å². The molecule has 4 nitrogen and oxygen atoms in total. The fraction of sp³-hybridized carbons (Fsp3) is 0.818. The first-order chi connectivity index (χ1) is 7.67. The lowest BCUT2D eigenvalue weighted by Gasteiger charge is -2.07. The van der Waals surface area contributed by atoms with Crippen molar-refractivity contribution < 1.29 is 4.74 Å². The Morgan fingerprint density at radius 1 is 1.38 bits per heavy atom. The zero-order valence-electron chi connectivity index (χ0n) is 10.5. The molecule has 1 aromatic heterocycles. The van der Waals surface area contributed by atoms with Crippen LogP contribution in [-0.4, -0.2) is 30.5 Å². The molecule has 1 heterocycles. The average Bonchev–Trinajstić information content (AvgIpc) is 2.67. The molecule has 0 aliphatic carbocycles. The molecule has 0 amide bonds. The summed E-state index contributed by atoms with van der Waals surface area (Å²) in [5.41, 5.74) is 0. The van der Waals surface area contributed by atoms with Crippen LogP contribution in [0.25, 0.3) is 0 Å². The van der Waals surface area contributed by atoms with Crippen molar-refractivity contribution in [2.45, 2.75) is 33.2 Å². The van der Waals surface area contributed by atoms with Crippen LogP contribution in [-0.2, 0) is 11.2 Å². The zero-order valence-corrected chi connectivity index (χ0v) is 11.3.